The number of nitrogens with two attached hydrogens (primary N) is 1. The summed E-state index contributed by atoms with van der Waals surface area (Å²) in [5, 5.41) is 2.52. The number of hydrogen-bond donors (Lipinski definition) is 3. The summed E-state index contributed by atoms with van der Waals surface area (Å²) < 4.78 is 53.6. The van der Waals surface area contributed by atoms with E-state index in [9.17, 15) is 26.8 Å². The normalized spacial score (nSPS) is 14.3. The van der Waals surface area contributed by atoms with Crippen molar-refractivity contribution in [3.05, 3.63) is 94.6 Å². The molecule has 3 aromatic rings. The Bertz CT molecular complexity index is 1560. The van der Waals surface area contributed by atoms with E-state index in [1.807, 2.05) is 19.1 Å². The monoisotopic (exact) mass is 627 g/mol. The Labute approximate surface area is 257 Å². The van der Waals surface area contributed by atoms with Crippen LogP contribution in [0.25, 0.3) is 0 Å². The molecule has 1 heterocycles. The Morgan fingerprint density at radius 2 is 1.55 bits per heavy atom. The summed E-state index contributed by atoms with van der Waals surface area (Å²) >= 11 is 0. The van der Waals surface area contributed by atoms with Crippen LogP contribution in [0.5, 0.6) is 0 Å². The number of piperidine rings is 1. The average molecular weight is 628 g/mol. The van der Waals surface area contributed by atoms with E-state index in [-0.39, 0.29) is 11.7 Å². The van der Waals surface area contributed by atoms with Gasteiger partial charge < -0.3 is 16.0 Å². The minimum atomic E-state index is -3.31. The lowest BCUT2D eigenvalue weighted by atomic mass is 10.0. The summed E-state index contributed by atoms with van der Waals surface area (Å²) in [6.45, 7) is 4.87. The number of benzene rings is 3. The van der Waals surface area contributed by atoms with Crippen molar-refractivity contribution in [3.63, 3.8) is 0 Å². The highest BCUT2D eigenvalue weighted by atomic mass is 32.2. The fraction of sp³-hybridized carbons (Fsp3) is 0.375. The van der Waals surface area contributed by atoms with Gasteiger partial charge in [0.15, 0.2) is 0 Å². The molecule has 1 aliphatic heterocycles. The van der Waals surface area contributed by atoms with Crippen molar-refractivity contribution in [1.29, 1.82) is 0 Å². The summed E-state index contributed by atoms with van der Waals surface area (Å²) in [6.07, 6.45) is 5.00. The minimum absolute atomic E-state index is 0.0432. The molecule has 0 unspecified atom stereocenters. The highest BCUT2D eigenvalue weighted by Gasteiger charge is 2.28. The van der Waals surface area contributed by atoms with Crippen molar-refractivity contribution in [2.75, 3.05) is 35.9 Å². The molecular formula is C32H39F2N5O4S. The molecule has 0 aromatic heterocycles. The van der Waals surface area contributed by atoms with Crippen LogP contribution >= 0.6 is 0 Å². The summed E-state index contributed by atoms with van der Waals surface area (Å²) in [4.78, 5) is 28.8. The minimum Gasteiger partial charge on any atom is -0.366 e. The third kappa shape index (κ3) is 9.23. The van der Waals surface area contributed by atoms with Gasteiger partial charge in [-0.15, -0.1) is 0 Å². The molecule has 12 heteroatoms. The number of sulfonamides is 1. The number of carbonyl (C=O) groups excluding carboxylic acids is 2. The molecule has 0 aliphatic carbocycles. The number of nitrogens with one attached hydrogen (secondary N) is 2. The summed E-state index contributed by atoms with van der Waals surface area (Å²) in [5.41, 5.74) is 8.35. The zero-order valence-electron chi connectivity index (χ0n) is 25.0. The fourth-order valence-electron chi connectivity index (χ4n) is 5.35. The highest BCUT2D eigenvalue weighted by molar-refractivity contribution is 7.92. The molecule has 1 saturated heterocycles. The summed E-state index contributed by atoms with van der Waals surface area (Å²) in [6, 6.07) is 16.7. The third-order valence-electron chi connectivity index (χ3n) is 7.67. The number of unbranched alkanes of at least 4 members (excludes halogenated alkanes) is 1. The van der Waals surface area contributed by atoms with Gasteiger partial charge >= 0.3 is 6.03 Å². The molecule has 236 valence electrons. The lowest BCUT2D eigenvalue weighted by Crippen LogP contribution is -2.49. The molecule has 0 atom stereocenters. The van der Waals surface area contributed by atoms with Gasteiger partial charge in [-0.2, -0.15) is 0 Å². The molecule has 9 nitrogen and oxygen atoms in total. The molecule has 4 N–H and O–H groups in total. The number of urea groups is 1. The van der Waals surface area contributed by atoms with E-state index in [1.54, 1.807) is 17.0 Å². The van der Waals surface area contributed by atoms with Crippen molar-refractivity contribution in [3.8, 4) is 0 Å². The lowest BCUT2D eigenvalue weighted by molar-refractivity contribution is 0.0996. The van der Waals surface area contributed by atoms with Crippen LogP contribution in [0.1, 0.15) is 59.7 Å². The molecule has 3 amide bonds. The van der Waals surface area contributed by atoms with Crippen molar-refractivity contribution >= 4 is 33.3 Å². The average Bonchev–Trinajstić information content (AvgIpc) is 2.96. The Kier molecular flexibility index (Phi) is 10.9. The largest absolute Gasteiger partial charge is 0.366 e. The lowest BCUT2D eigenvalue weighted by Gasteiger charge is -2.38. The SMILES string of the molecule is CCCCN(C(=O)Nc1cc(C(N)=O)c(F)cc1F)C1CCN(Cc2ccc(Cc3ccc(NS(C)(=O)=O)cc3)cc2)CC1. The second kappa shape index (κ2) is 14.6. The van der Waals surface area contributed by atoms with Crippen LogP contribution in [0.3, 0.4) is 0 Å². The van der Waals surface area contributed by atoms with Crippen LogP contribution in [-0.2, 0) is 23.0 Å². The maximum absolute atomic E-state index is 14.4. The van der Waals surface area contributed by atoms with Gasteiger partial charge in [-0.1, -0.05) is 49.7 Å². The number of amides is 3. The second-order valence-electron chi connectivity index (χ2n) is 11.2. The number of likely N-dealkylation sites (tertiary alicyclic amines) is 1. The van der Waals surface area contributed by atoms with Gasteiger partial charge in [0.1, 0.15) is 11.6 Å². The van der Waals surface area contributed by atoms with Crippen LogP contribution in [0.2, 0.25) is 0 Å². The zero-order chi connectivity index (χ0) is 31.9. The maximum Gasteiger partial charge on any atom is 0.322 e. The number of primary amides is 1. The summed E-state index contributed by atoms with van der Waals surface area (Å²) in [7, 11) is -3.31. The van der Waals surface area contributed by atoms with E-state index < -0.39 is 39.2 Å². The van der Waals surface area contributed by atoms with Gasteiger partial charge in [-0.25, -0.2) is 22.0 Å². The topological polar surface area (TPSA) is 125 Å². The number of anilines is 2. The first-order valence-corrected chi connectivity index (χ1v) is 16.5. The number of hydrogen-bond acceptors (Lipinski definition) is 5. The molecule has 44 heavy (non-hydrogen) atoms. The fourth-order valence-corrected chi connectivity index (χ4v) is 5.91. The van der Waals surface area contributed by atoms with Crippen LogP contribution in [-0.4, -0.2) is 62.1 Å². The molecule has 3 aromatic carbocycles. The molecular weight excluding hydrogens is 588 g/mol. The Hall–Kier alpha value is -4.03. The van der Waals surface area contributed by atoms with Gasteiger partial charge in [-0.3, -0.25) is 14.4 Å². The first-order chi connectivity index (χ1) is 20.9. The van der Waals surface area contributed by atoms with Crippen molar-refractivity contribution in [1.82, 2.24) is 9.80 Å². The number of nitrogens with zero attached hydrogens (tertiary/aromatic N) is 2. The van der Waals surface area contributed by atoms with Crippen LogP contribution in [0, 0.1) is 11.6 Å². The maximum atomic E-state index is 14.4. The van der Waals surface area contributed by atoms with E-state index >= 15 is 0 Å². The van der Waals surface area contributed by atoms with E-state index in [4.69, 9.17) is 5.73 Å². The third-order valence-corrected chi connectivity index (χ3v) is 8.28. The van der Waals surface area contributed by atoms with Gasteiger partial charge in [0.2, 0.25) is 10.0 Å². The molecule has 0 bridgehead atoms. The first-order valence-electron chi connectivity index (χ1n) is 14.6. The number of halogens is 2. The molecule has 0 radical (unpaired) electrons. The van der Waals surface area contributed by atoms with Gasteiger partial charge in [0.05, 0.1) is 17.5 Å². The van der Waals surface area contributed by atoms with Crippen LogP contribution in [0.15, 0.2) is 60.7 Å². The smallest absolute Gasteiger partial charge is 0.322 e. The van der Waals surface area contributed by atoms with Crippen LogP contribution in [0.4, 0.5) is 25.0 Å². The van der Waals surface area contributed by atoms with E-state index in [1.165, 1.54) is 5.56 Å². The Balaban J connectivity index is 1.31. The molecule has 0 saturated carbocycles. The zero-order valence-corrected chi connectivity index (χ0v) is 25.8. The van der Waals surface area contributed by atoms with E-state index in [2.05, 4.69) is 39.2 Å². The molecule has 1 aliphatic rings. The Morgan fingerprint density at radius 3 is 2.11 bits per heavy atom. The van der Waals surface area contributed by atoms with Crippen molar-refractivity contribution < 1.29 is 26.8 Å². The predicted molar refractivity (Wildman–Crippen MR) is 168 cm³/mol. The second-order valence-corrected chi connectivity index (χ2v) is 13.0. The van der Waals surface area contributed by atoms with E-state index in [0.29, 0.717) is 18.3 Å². The summed E-state index contributed by atoms with van der Waals surface area (Å²) in [5.74, 6) is -3.09. The Morgan fingerprint density at radius 1 is 0.955 bits per heavy atom. The van der Waals surface area contributed by atoms with Crippen LogP contribution < -0.4 is 15.8 Å². The number of rotatable bonds is 12. The van der Waals surface area contributed by atoms with Crippen molar-refractivity contribution in [2.45, 2.75) is 51.6 Å². The molecule has 1 fully saturated rings. The molecule has 0 spiro atoms. The van der Waals surface area contributed by atoms with Gasteiger partial charge in [0, 0.05) is 44.0 Å². The van der Waals surface area contributed by atoms with Gasteiger partial charge in [0.25, 0.3) is 5.91 Å². The van der Waals surface area contributed by atoms with Crippen molar-refractivity contribution in [2.24, 2.45) is 5.73 Å². The standard InChI is InChI=1S/C32H39F2N5O4S/c1-3-4-15-39(32(41)36-30-19-27(31(35)40)28(33)20-29(30)34)26-13-16-38(17-14-26)21-24-7-5-22(6-8-24)18-23-9-11-25(12-10-23)37-44(2,42)43/h5-12,19-20,26,37H,3-4,13-18,21H2,1-2H3,(H2,35,40)(H,36,41). The number of carbonyl (C=O) groups is 2. The quantitative estimate of drug-likeness (QED) is 0.251. The van der Waals surface area contributed by atoms with Gasteiger partial charge in [-0.05, 0) is 60.6 Å². The predicted octanol–water partition coefficient (Wildman–Crippen LogP) is 5.32. The highest BCUT2D eigenvalue weighted by Crippen LogP contribution is 2.24. The first kappa shape index (κ1) is 32.9. The molecule has 4 rings (SSSR count). The van der Waals surface area contributed by atoms with E-state index in [0.717, 1.165) is 75.2 Å².